The van der Waals surface area contributed by atoms with Gasteiger partial charge < -0.3 is 15.2 Å². The van der Waals surface area contributed by atoms with Crippen molar-refractivity contribution in [3.63, 3.8) is 0 Å². The van der Waals surface area contributed by atoms with Crippen molar-refractivity contribution in [3.8, 4) is 0 Å². The van der Waals surface area contributed by atoms with Crippen LogP contribution in [0.25, 0.3) is 0 Å². The lowest BCUT2D eigenvalue weighted by molar-refractivity contribution is 0.0207. The molecule has 3 nitrogen and oxygen atoms in total. The van der Waals surface area contributed by atoms with Crippen molar-refractivity contribution in [1.29, 1.82) is 0 Å². The molecule has 1 rings (SSSR count). The molecule has 1 aromatic rings. The lowest BCUT2D eigenvalue weighted by Crippen LogP contribution is -2.38. The molecule has 0 amide bonds. The van der Waals surface area contributed by atoms with Gasteiger partial charge in [-0.05, 0) is 30.9 Å². The van der Waals surface area contributed by atoms with E-state index in [4.69, 9.17) is 4.74 Å². The first kappa shape index (κ1) is 16.2. The summed E-state index contributed by atoms with van der Waals surface area (Å²) in [6.45, 7) is 9.62. The summed E-state index contributed by atoms with van der Waals surface area (Å²) in [5.74, 6) is 0.520. The number of hydrogen-bond acceptors (Lipinski definition) is 3. The van der Waals surface area contributed by atoms with E-state index in [1.807, 2.05) is 26.0 Å². The summed E-state index contributed by atoms with van der Waals surface area (Å²) in [4.78, 5) is 0. The molecule has 1 atom stereocenters. The van der Waals surface area contributed by atoms with E-state index in [1.54, 1.807) is 7.11 Å². The molecule has 0 saturated heterocycles. The van der Waals surface area contributed by atoms with Crippen LogP contribution in [0.15, 0.2) is 24.3 Å². The van der Waals surface area contributed by atoms with Gasteiger partial charge in [0.2, 0.25) is 0 Å². The first-order chi connectivity index (χ1) is 8.85. The van der Waals surface area contributed by atoms with Gasteiger partial charge in [0.05, 0.1) is 11.7 Å². The Morgan fingerprint density at radius 1 is 1.16 bits per heavy atom. The van der Waals surface area contributed by atoms with Gasteiger partial charge in [-0.1, -0.05) is 38.1 Å². The van der Waals surface area contributed by atoms with Gasteiger partial charge in [0.1, 0.15) is 0 Å². The van der Waals surface area contributed by atoms with Crippen LogP contribution in [0.1, 0.15) is 50.8 Å². The third-order valence-corrected chi connectivity index (χ3v) is 3.43. The van der Waals surface area contributed by atoms with E-state index in [0.29, 0.717) is 19.0 Å². The average molecular weight is 265 g/mol. The molecule has 108 valence electrons. The molecule has 1 aromatic carbocycles. The van der Waals surface area contributed by atoms with Crippen LogP contribution in [0, 0.1) is 0 Å². The van der Waals surface area contributed by atoms with Crippen molar-refractivity contribution in [2.75, 3.05) is 20.2 Å². The normalized spacial score (nSPS) is 13.8. The van der Waals surface area contributed by atoms with E-state index in [1.165, 1.54) is 5.56 Å². The highest BCUT2D eigenvalue weighted by molar-refractivity contribution is 5.26. The minimum absolute atomic E-state index is 0.207. The molecule has 1 unspecified atom stereocenters. The molecule has 19 heavy (non-hydrogen) atoms. The van der Waals surface area contributed by atoms with Crippen LogP contribution < -0.4 is 5.32 Å². The average Bonchev–Trinajstić information content (AvgIpc) is 2.38. The van der Waals surface area contributed by atoms with Crippen molar-refractivity contribution in [2.45, 2.75) is 45.3 Å². The molecular weight excluding hydrogens is 238 g/mol. The molecule has 0 aromatic heterocycles. The van der Waals surface area contributed by atoms with Gasteiger partial charge in [-0.15, -0.1) is 0 Å². The smallest absolute Gasteiger partial charge is 0.0914 e. The van der Waals surface area contributed by atoms with Crippen LogP contribution >= 0.6 is 0 Å². The molecule has 0 saturated carbocycles. The second kappa shape index (κ2) is 7.04. The number of nitrogens with one attached hydrogen (secondary N) is 1. The van der Waals surface area contributed by atoms with Crippen LogP contribution in [-0.4, -0.2) is 30.9 Å². The molecule has 0 aliphatic rings. The Kier molecular flexibility index (Phi) is 5.98. The van der Waals surface area contributed by atoms with Crippen LogP contribution in [0.5, 0.6) is 0 Å². The van der Waals surface area contributed by atoms with E-state index in [9.17, 15) is 5.11 Å². The molecule has 0 aliphatic carbocycles. The van der Waals surface area contributed by atoms with E-state index >= 15 is 0 Å². The van der Waals surface area contributed by atoms with E-state index in [-0.39, 0.29) is 5.60 Å². The van der Waals surface area contributed by atoms with Gasteiger partial charge in [-0.3, -0.25) is 0 Å². The number of methoxy groups -OCH3 is 1. The topological polar surface area (TPSA) is 41.5 Å². The number of ether oxygens (including phenoxy) is 1. The summed E-state index contributed by atoms with van der Waals surface area (Å²) >= 11 is 0. The van der Waals surface area contributed by atoms with Crippen LogP contribution in [-0.2, 0) is 4.74 Å². The monoisotopic (exact) mass is 265 g/mol. The van der Waals surface area contributed by atoms with Gasteiger partial charge in [-0.2, -0.15) is 0 Å². The molecule has 3 heteroatoms. The fraction of sp³-hybridized carbons (Fsp3) is 0.625. The Morgan fingerprint density at radius 2 is 1.68 bits per heavy atom. The third-order valence-electron chi connectivity index (χ3n) is 3.43. The van der Waals surface area contributed by atoms with Crippen molar-refractivity contribution < 1.29 is 9.84 Å². The fourth-order valence-corrected chi connectivity index (χ4v) is 1.80. The minimum atomic E-state index is -0.478. The quantitative estimate of drug-likeness (QED) is 0.796. The third kappa shape index (κ3) is 5.31. The zero-order valence-corrected chi connectivity index (χ0v) is 12.7. The van der Waals surface area contributed by atoms with Gasteiger partial charge in [0.15, 0.2) is 0 Å². The maximum atomic E-state index is 10.1. The number of aliphatic hydroxyl groups is 1. The molecule has 0 spiro atoms. The zero-order chi connectivity index (χ0) is 14.5. The summed E-state index contributed by atoms with van der Waals surface area (Å²) in [6, 6.07) is 8.18. The van der Waals surface area contributed by atoms with Crippen molar-refractivity contribution in [1.82, 2.24) is 5.32 Å². The standard InChI is InChI=1S/C16H27NO2/c1-12(2)13-6-8-14(9-7-13)15(18)10-17-11-16(3,4)19-5/h6-9,12,15,17-18H,10-11H2,1-5H3. The summed E-state index contributed by atoms with van der Waals surface area (Å²) in [5.41, 5.74) is 2.04. The predicted molar refractivity (Wildman–Crippen MR) is 79.4 cm³/mol. The molecule has 0 aliphatic heterocycles. The van der Waals surface area contributed by atoms with Gasteiger partial charge in [0.25, 0.3) is 0 Å². The lowest BCUT2D eigenvalue weighted by Gasteiger charge is -2.24. The van der Waals surface area contributed by atoms with Crippen molar-refractivity contribution in [3.05, 3.63) is 35.4 Å². The summed E-state index contributed by atoms with van der Waals surface area (Å²) in [5, 5.41) is 13.4. The summed E-state index contributed by atoms with van der Waals surface area (Å²) < 4.78 is 5.32. The molecular formula is C16H27NO2. The highest BCUT2D eigenvalue weighted by Gasteiger charge is 2.16. The zero-order valence-electron chi connectivity index (χ0n) is 12.7. The Morgan fingerprint density at radius 3 is 2.16 bits per heavy atom. The van der Waals surface area contributed by atoms with E-state index in [0.717, 1.165) is 5.56 Å². The van der Waals surface area contributed by atoms with Gasteiger partial charge >= 0.3 is 0 Å². The molecule has 0 fully saturated rings. The predicted octanol–water partition coefficient (Wildman–Crippen LogP) is 2.86. The van der Waals surface area contributed by atoms with E-state index in [2.05, 4.69) is 31.3 Å². The number of aliphatic hydroxyl groups excluding tert-OH is 1. The summed E-state index contributed by atoms with van der Waals surface area (Å²) in [6.07, 6.45) is -0.478. The lowest BCUT2D eigenvalue weighted by atomic mass is 10.00. The van der Waals surface area contributed by atoms with Crippen LogP contribution in [0.3, 0.4) is 0 Å². The van der Waals surface area contributed by atoms with Crippen molar-refractivity contribution in [2.24, 2.45) is 0 Å². The Labute approximate surface area is 117 Å². The maximum Gasteiger partial charge on any atom is 0.0914 e. The van der Waals surface area contributed by atoms with Gasteiger partial charge in [-0.25, -0.2) is 0 Å². The number of rotatable bonds is 7. The fourth-order valence-electron chi connectivity index (χ4n) is 1.80. The highest BCUT2D eigenvalue weighted by Crippen LogP contribution is 2.18. The Hall–Kier alpha value is -0.900. The van der Waals surface area contributed by atoms with Crippen LogP contribution in [0.4, 0.5) is 0 Å². The Bertz CT molecular complexity index is 371. The maximum absolute atomic E-state index is 10.1. The van der Waals surface area contributed by atoms with Crippen LogP contribution in [0.2, 0.25) is 0 Å². The first-order valence-corrected chi connectivity index (χ1v) is 6.89. The SMILES string of the molecule is COC(C)(C)CNCC(O)c1ccc(C(C)C)cc1. The first-order valence-electron chi connectivity index (χ1n) is 6.89. The Balaban J connectivity index is 2.47. The number of hydrogen-bond donors (Lipinski definition) is 2. The summed E-state index contributed by atoms with van der Waals surface area (Å²) in [7, 11) is 1.70. The van der Waals surface area contributed by atoms with Crippen molar-refractivity contribution >= 4 is 0 Å². The molecule has 0 radical (unpaired) electrons. The number of benzene rings is 1. The molecule has 0 heterocycles. The molecule has 2 N–H and O–H groups in total. The molecule has 0 bridgehead atoms. The largest absolute Gasteiger partial charge is 0.387 e. The van der Waals surface area contributed by atoms with E-state index < -0.39 is 6.10 Å². The highest BCUT2D eigenvalue weighted by atomic mass is 16.5. The second-order valence-electron chi connectivity index (χ2n) is 5.93. The second-order valence-corrected chi connectivity index (χ2v) is 5.93. The van der Waals surface area contributed by atoms with Gasteiger partial charge in [0, 0.05) is 20.2 Å². The minimum Gasteiger partial charge on any atom is -0.387 e.